The quantitative estimate of drug-likeness (QED) is 0.589. The summed E-state index contributed by atoms with van der Waals surface area (Å²) in [5, 5.41) is 0. The maximum Gasteiger partial charge on any atom is 0.306 e. The van der Waals surface area contributed by atoms with Gasteiger partial charge in [-0.1, -0.05) is 6.92 Å². The molecule has 3 rings (SSSR count). The van der Waals surface area contributed by atoms with Gasteiger partial charge in [-0.2, -0.15) is 0 Å². The van der Waals surface area contributed by atoms with Gasteiger partial charge >= 0.3 is 5.97 Å². The van der Waals surface area contributed by atoms with Gasteiger partial charge in [0.05, 0.1) is 0 Å². The molecule has 1 aliphatic heterocycles. The van der Waals surface area contributed by atoms with Gasteiger partial charge in [0.25, 0.3) is 0 Å². The molecule has 3 nitrogen and oxygen atoms in total. The summed E-state index contributed by atoms with van der Waals surface area (Å²) in [5.74, 6) is 1.30. The second-order valence-corrected chi connectivity index (χ2v) is 5.76. The van der Waals surface area contributed by atoms with E-state index in [9.17, 15) is 9.59 Å². The van der Waals surface area contributed by atoms with Gasteiger partial charge in [-0.15, -0.1) is 0 Å². The van der Waals surface area contributed by atoms with Crippen molar-refractivity contribution in [2.24, 2.45) is 17.3 Å². The molecule has 3 aliphatic rings. The molecule has 16 heavy (non-hydrogen) atoms. The maximum atomic E-state index is 12.0. The fourth-order valence-corrected chi connectivity index (χ4v) is 4.07. The number of carbonyl (C=O) groups excluding carboxylic acids is 2. The largest absolute Gasteiger partial charge is 0.462 e. The molecule has 4 atom stereocenters. The Morgan fingerprint density at radius 3 is 2.81 bits per heavy atom. The molecule has 0 aromatic heterocycles. The molecule has 0 amide bonds. The number of hydrogen-bond acceptors (Lipinski definition) is 3. The van der Waals surface area contributed by atoms with Crippen LogP contribution in [0.3, 0.4) is 0 Å². The van der Waals surface area contributed by atoms with E-state index >= 15 is 0 Å². The summed E-state index contributed by atoms with van der Waals surface area (Å²) in [4.78, 5) is 23.2. The van der Waals surface area contributed by atoms with Crippen LogP contribution in [-0.2, 0) is 14.3 Å². The molecule has 0 aromatic carbocycles. The van der Waals surface area contributed by atoms with E-state index in [1.54, 1.807) is 0 Å². The number of fused-ring (bicyclic) bond motifs is 3. The van der Waals surface area contributed by atoms with Crippen molar-refractivity contribution in [3.05, 3.63) is 0 Å². The van der Waals surface area contributed by atoms with E-state index in [4.69, 9.17) is 4.74 Å². The van der Waals surface area contributed by atoms with Crippen LogP contribution in [0.2, 0.25) is 0 Å². The van der Waals surface area contributed by atoms with Crippen LogP contribution in [0, 0.1) is 17.3 Å². The SMILES string of the molecule is C[C@@]12CC[C@@H]3OC(=O)CC[C@@H]3[C@H]1CCC2=O. The Labute approximate surface area is 95.5 Å². The van der Waals surface area contributed by atoms with Gasteiger partial charge in [0.15, 0.2) is 0 Å². The lowest BCUT2D eigenvalue weighted by molar-refractivity contribution is -0.168. The van der Waals surface area contributed by atoms with Crippen molar-refractivity contribution in [2.45, 2.75) is 51.6 Å². The first kappa shape index (κ1) is 10.3. The Morgan fingerprint density at radius 1 is 1.19 bits per heavy atom. The lowest BCUT2D eigenvalue weighted by Crippen LogP contribution is -2.47. The number of ketones is 1. The third-order valence-electron chi connectivity index (χ3n) is 5.04. The average molecular weight is 222 g/mol. The van der Waals surface area contributed by atoms with Crippen molar-refractivity contribution >= 4 is 11.8 Å². The number of esters is 1. The minimum absolute atomic E-state index is 0.0471. The van der Waals surface area contributed by atoms with Gasteiger partial charge in [0.2, 0.25) is 0 Å². The molecular formula is C13H18O3. The van der Waals surface area contributed by atoms with Gasteiger partial charge in [-0.3, -0.25) is 9.59 Å². The molecule has 0 unspecified atom stereocenters. The van der Waals surface area contributed by atoms with E-state index in [2.05, 4.69) is 6.92 Å². The third kappa shape index (κ3) is 1.26. The summed E-state index contributed by atoms with van der Waals surface area (Å²) in [6.45, 7) is 2.12. The van der Waals surface area contributed by atoms with E-state index in [0.717, 1.165) is 32.1 Å². The minimum atomic E-state index is -0.106. The molecule has 2 saturated carbocycles. The van der Waals surface area contributed by atoms with Gasteiger partial charge in [-0.25, -0.2) is 0 Å². The van der Waals surface area contributed by atoms with Gasteiger partial charge < -0.3 is 4.74 Å². The first-order valence-corrected chi connectivity index (χ1v) is 6.34. The first-order chi connectivity index (χ1) is 7.61. The maximum absolute atomic E-state index is 12.0. The Bertz CT molecular complexity index is 349. The summed E-state index contributed by atoms with van der Waals surface area (Å²) >= 11 is 0. The molecule has 2 aliphatic carbocycles. The van der Waals surface area contributed by atoms with Crippen LogP contribution in [0.15, 0.2) is 0 Å². The van der Waals surface area contributed by atoms with Crippen LogP contribution in [-0.4, -0.2) is 17.9 Å². The predicted molar refractivity (Wildman–Crippen MR) is 57.7 cm³/mol. The molecule has 0 spiro atoms. The van der Waals surface area contributed by atoms with Crippen LogP contribution in [0.5, 0.6) is 0 Å². The van der Waals surface area contributed by atoms with Crippen LogP contribution in [0.25, 0.3) is 0 Å². The Hall–Kier alpha value is -0.860. The lowest BCUT2D eigenvalue weighted by atomic mass is 9.61. The van der Waals surface area contributed by atoms with Gasteiger partial charge in [-0.05, 0) is 31.6 Å². The molecular weight excluding hydrogens is 204 g/mol. The second-order valence-electron chi connectivity index (χ2n) is 5.76. The summed E-state index contributed by atoms with van der Waals surface area (Å²) in [7, 11) is 0. The molecule has 88 valence electrons. The van der Waals surface area contributed by atoms with E-state index in [0.29, 0.717) is 24.0 Å². The Balaban J connectivity index is 1.87. The highest BCUT2D eigenvalue weighted by molar-refractivity contribution is 5.87. The summed E-state index contributed by atoms with van der Waals surface area (Å²) < 4.78 is 5.43. The van der Waals surface area contributed by atoms with E-state index in [1.165, 1.54) is 0 Å². The van der Waals surface area contributed by atoms with Crippen molar-refractivity contribution in [1.29, 1.82) is 0 Å². The van der Waals surface area contributed by atoms with Crippen LogP contribution >= 0.6 is 0 Å². The van der Waals surface area contributed by atoms with Crippen LogP contribution < -0.4 is 0 Å². The molecule has 1 heterocycles. The fourth-order valence-electron chi connectivity index (χ4n) is 4.07. The summed E-state index contributed by atoms with van der Waals surface area (Å²) in [6.07, 6.45) is 5.11. The predicted octanol–water partition coefficient (Wildman–Crippen LogP) is 2.09. The van der Waals surface area contributed by atoms with Gasteiger partial charge in [0, 0.05) is 24.2 Å². The van der Waals surface area contributed by atoms with Crippen molar-refractivity contribution < 1.29 is 14.3 Å². The second kappa shape index (κ2) is 3.31. The highest BCUT2D eigenvalue weighted by Gasteiger charge is 2.55. The number of rotatable bonds is 0. The highest BCUT2D eigenvalue weighted by atomic mass is 16.5. The molecule has 3 fully saturated rings. The number of ether oxygens (including phenoxy) is 1. The van der Waals surface area contributed by atoms with E-state index < -0.39 is 0 Å². The zero-order chi connectivity index (χ0) is 11.3. The van der Waals surface area contributed by atoms with Crippen molar-refractivity contribution in [2.75, 3.05) is 0 Å². The molecule has 3 heteroatoms. The Kier molecular flexibility index (Phi) is 2.13. The highest BCUT2D eigenvalue weighted by Crippen LogP contribution is 2.55. The molecule has 0 N–H and O–H groups in total. The summed E-state index contributed by atoms with van der Waals surface area (Å²) in [5.41, 5.74) is -0.106. The normalized spacial score (nSPS) is 47.2. The number of carbonyl (C=O) groups is 2. The minimum Gasteiger partial charge on any atom is -0.462 e. The van der Waals surface area contributed by atoms with Crippen LogP contribution in [0.1, 0.15) is 45.4 Å². The zero-order valence-corrected chi connectivity index (χ0v) is 9.70. The average Bonchev–Trinajstić information content (AvgIpc) is 2.56. The molecule has 1 saturated heterocycles. The Morgan fingerprint density at radius 2 is 2.00 bits per heavy atom. The molecule has 0 radical (unpaired) electrons. The first-order valence-electron chi connectivity index (χ1n) is 6.34. The van der Waals surface area contributed by atoms with Crippen molar-refractivity contribution in [1.82, 2.24) is 0 Å². The topological polar surface area (TPSA) is 43.4 Å². The van der Waals surface area contributed by atoms with Crippen molar-refractivity contribution in [3.63, 3.8) is 0 Å². The number of Topliss-reactive ketones (excluding diaryl/α,β-unsaturated/α-hetero) is 1. The summed E-state index contributed by atoms with van der Waals surface area (Å²) in [6, 6.07) is 0. The van der Waals surface area contributed by atoms with E-state index in [1.807, 2.05) is 0 Å². The lowest BCUT2D eigenvalue weighted by Gasteiger charge is -2.46. The zero-order valence-electron chi connectivity index (χ0n) is 9.70. The number of hydrogen-bond donors (Lipinski definition) is 0. The van der Waals surface area contributed by atoms with Crippen molar-refractivity contribution in [3.8, 4) is 0 Å². The smallest absolute Gasteiger partial charge is 0.306 e. The van der Waals surface area contributed by atoms with Crippen LogP contribution in [0.4, 0.5) is 0 Å². The fraction of sp³-hybridized carbons (Fsp3) is 0.846. The van der Waals surface area contributed by atoms with Gasteiger partial charge in [0.1, 0.15) is 11.9 Å². The third-order valence-corrected chi connectivity index (χ3v) is 5.04. The molecule has 0 bridgehead atoms. The molecule has 0 aromatic rings. The van der Waals surface area contributed by atoms with E-state index in [-0.39, 0.29) is 17.5 Å². The standard InChI is InChI=1S/C13H18O3/c1-13-7-6-10-8(2-5-12(15)16-10)9(13)3-4-11(13)14/h8-10H,2-7H2,1H3/t8-,9-,10+,13-/m1/s1. The monoisotopic (exact) mass is 222 g/mol.